The van der Waals surface area contributed by atoms with E-state index >= 15 is 0 Å². The molecule has 8 heteroatoms. The van der Waals surface area contributed by atoms with E-state index in [1.165, 1.54) is 0 Å². The number of sulfonamides is 1. The van der Waals surface area contributed by atoms with Gasteiger partial charge in [0.05, 0.1) is 10.6 Å². The molecule has 0 spiro atoms. The number of halogens is 1. The smallest absolute Gasteiger partial charge is 0.264 e. The van der Waals surface area contributed by atoms with Crippen molar-refractivity contribution in [2.45, 2.75) is 25.2 Å². The van der Waals surface area contributed by atoms with E-state index in [-0.39, 0.29) is 17.3 Å². The summed E-state index contributed by atoms with van der Waals surface area (Å²) in [5, 5.41) is 3.20. The average molecular weight is 438 g/mol. The third kappa shape index (κ3) is 6.45. The Labute approximate surface area is 178 Å². The monoisotopic (exact) mass is 437 g/mol. The van der Waals surface area contributed by atoms with Crippen molar-refractivity contribution in [3.05, 3.63) is 58.6 Å². The number of hydrogen-bond donors (Lipinski definition) is 1. The summed E-state index contributed by atoms with van der Waals surface area (Å²) in [6.07, 6.45) is 0.777. The highest BCUT2D eigenvalue weighted by Crippen LogP contribution is 2.29. The number of anilines is 1. The molecular weight excluding hydrogens is 410 g/mol. The van der Waals surface area contributed by atoms with Crippen LogP contribution >= 0.6 is 11.6 Å². The standard InChI is InChI=1S/C21H28ClN3O3S/c1-16-6-10-19(11-7-16)29(27,28)25(20-14-18(22)9-8-17(20)2)15-21(26)23-12-5-13-24(3)4/h6-11,14H,5,12-13,15H2,1-4H3,(H,23,26). The van der Waals surface area contributed by atoms with Crippen molar-refractivity contribution in [2.24, 2.45) is 0 Å². The van der Waals surface area contributed by atoms with Gasteiger partial charge in [-0.1, -0.05) is 35.4 Å². The maximum absolute atomic E-state index is 13.4. The van der Waals surface area contributed by atoms with Gasteiger partial charge in [0, 0.05) is 11.6 Å². The van der Waals surface area contributed by atoms with Gasteiger partial charge in [-0.05, 0) is 70.7 Å². The van der Waals surface area contributed by atoms with E-state index < -0.39 is 10.0 Å². The zero-order valence-corrected chi connectivity index (χ0v) is 18.8. The van der Waals surface area contributed by atoms with Crippen LogP contribution in [0.3, 0.4) is 0 Å². The fourth-order valence-corrected chi connectivity index (χ4v) is 4.44. The van der Waals surface area contributed by atoms with Crippen LogP contribution < -0.4 is 9.62 Å². The summed E-state index contributed by atoms with van der Waals surface area (Å²) in [6.45, 7) is 4.66. The molecule has 158 valence electrons. The van der Waals surface area contributed by atoms with Crippen molar-refractivity contribution in [2.75, 3.05) is 38.0 Å². The third-order valence-electron chi connectivity index (χ3n) is 4.44. The molecule has 0 atom stereocenters. The van der Waals surface area contributed by atoms with Crippen LogP contribution in [0.15, 0.2) is 47.4 Å². The lowest BCUT2D eigenvalue weighted by Crippen LogP contribution is -2.41. The van der Waals surface area contributed by atoms with Gasteiger partial charge in [0.2, 0.25) is 5.91 Å². The molecule has 0 aliphatic rings. The largest absolute Gasteiger partial charge is 0.354 e. The zero-order valence-electron chi connectivity index (χ0n) is 17.3. The predicted molar refractivity (Wildman–Crippen MR) is 118 cm³/mol. The summed E-state index contributed by atoms with van der Waals surface area (Å²) in [5.74, 6) is -0.362. The van der Waals surface area contributed by atoms with Crippen LogP contribution in [-0.2, 0) is 14.8 Å². The number of carbonyl (C=O) groups is 1. The molecule has 2 aromatic carbocycles. The zero-order chi connectivity index (χ0) is 21.6. The molecule has 2 rings (SSSR count). The SMILES string of the molecule is Cc1ccc(S(=O)(=O)N(CC(=O)NCCCN(C)C)c2cc(Cl)ccc2C)cc1. The lowest BCUT2D eigenvalue weighted by atomic mass is 10.2. The fraction of sp³-hybridized carbons (Fsp3) is 0.381. The Morgan fingerprint density at radius 2 is 1.72 bits per heavy atom. The average Bonchev–Trinajstić information content (AvgIpc) is 2.65. The van der Waals surface area contributed by atoms with Gasteiger partial charge in [-0.2, -0.15) is 0 Å². The Morgan fingerprint density at radius 3 is 2.34 bits per heavy atom. The first-order valence-corrected chi connectivity index (χ1v) is 11.2. The van der Waals surface area contributed by atoms with Crippen LogP contribution in [0.25, 0.3) is 0 Å². The van der Waals surface area contributed by atoms with Gasteiger partial charge >= 0.3 is 0 Å². The molecule has 0 aromatic heterocycles. The highest BCUT2D eigenvalue weighted by molar-refractivity contribution is 7.92. The Kier molecular flexibility index (Phi) is 8.07. The van der Waals surface area contributed by atoms with E-state index in [1.54, 1.807) is 49.4 Å². The first kappa shape index (κ1) is 23.2. The molecule has 6 nitrogen and oxygen atoms in total. The molecule has 0 aliphatic carbocycles. The second-order valence-electron chi connectivity index (χ2n) is 7.26. The normalized spacial score (nSPS) is 11.5. The molecular formula is C21H28ClN3O3S. The lowest BCUT2D eigenvalue weighted by molar-refractivity contribution is -0.119. The topological polar surface area (TPSA) is 69.7 Å². The molecule has 0 unspecified atom stereocenters. The predicted octanol–water partition coefficient (Wildman–Crippen LogP) is 3.22. The van der Waals surface area contributed by atoms with Crippen molar-refractivity contribution in [3.63, 3.8) is 0 Å². The minimum atomic E-state index is -3.94. The van der Waals surface area contributed by atoms with Crippen LogP contribution in [0.2, 0.25) is 5.02 Å². The summed E-state index contributed by atoms with van der Waals surface area (Å²) < 4.78 is 27.8. The number of rotatable bonds is 9. The van der Waals surface area contributed by atoms with Crippen molar-refractivity contribution >= 4 is 33.2 Å². The highest BCUT2D eigenvalue weighted by atomic mass is 35.5. The molecule has 1 amide bonds. The van der Waals surface area contributed by atoms with Crippen LogP contribution in [0.4, 0.5) is 5.69 Å². The molecule has 0 heterocycles. The minimum absolute atomic E-state index is 0.128. The number of amides is 1. The van der Waals surface area contributed by atoms with E-state index in [1.807, 2.05) is 25.9 Å². The van der Waals surface area contributed by atoms with Crippen molar-refractivity contribution in [1.29, 1.82) is 0 Å². The van der Waals surface area contributed by atoms with Gasteiger partial charge in [-0.3, -0.25) is 9.10 Å². The van der Waals surface area contributed by atoms with Gasteiger partial charge in [0.1, 0.15) is 6.54 Å². The van der Waals surface area contributed by atoms with Gasteiger partial charge in [-0.25, -0.2) is 8.42 Å². The Balaban J connectivity index is 2.32. The van der Waals surface area contributed by atoms with Crippen molar-refractivity contribution in [3.8, 4) is 0 Å². The summed E-state index contributed by atoms with van der Waals surface area (Å²) in [4.78, 5) is 14.7. The van der Waals surface area contributed by atoms with E-state index in [4.69, 9.17) is 11.6 Å². The summed E-state index contributed by atoms with van der Waals surface area (Å²) in [5.41, 5.74) is 2.06. The molecule has 0 saturated carbocycles. The molecule has 1 N–H and O–H groups in total. The Morgan fingerprint density at radius 1 is 1.07 bits per heavy atom. The summed E-state index contributed by atoms with van der Waals surface area (Å²) >= 11 is 6.12. The second kappa shape index (κ2) is 10.1. The van der Waals surface area contributed by atoms with Crippen molar-refractivity contribution < 1.29 is 13.2 Å². The molecule has 0 aliphatic heterocycles. The second-order valence-corrected chi connectivity index (χ2v) is 9.56. The van der Waals surface area contributed by atoms with Crippen LogP contribution in [0.5, 0.6) is 0 Å². The summed E-state index contributed by atoms with van der Waals surface area (Å²) in [7, 11) is -0.0277. The lowest BCUT2D eigenvalue weighted by Gasteiger charge is -2.26. The number of nitrogens with zero attached hydrogens (tertiary/aromatic N) is 2. The number of benzene rings is 2. The Bertz CT molecular complexity index is 944. The molecule has 0 radical (unpaired) electrons. The fourth-order valence-electron chi connectivity index (χ4n) is 2.80. The van der Waals surface area contributed by atoms with E-state index in [2.05, 4.69) is 5.32 Å². The Hall–Kier alpha value is -2.09. The number of aryl methyl sites for hydroxylation is 2. The van der Waals surface area contributed by atoms with Crippen LogP contribution in [-0.4, -0.2) is 53.0 Å². The van der Waals surface area contributed by atoms with E-state index in [0.717, 1.165) is 22.8 Å². The van der Waals surface area contributed by atoms with Gasteiger partial charge in [0.25, 0.3) is 10.0 Å². The third-order valence-corrected chi connectivity index (χ3v) is 6.45. The maximum atomic E-state index is 13.4. The van der Waals surface area contributed by atoms with Gasteiger partial charge in [0.15, 0.2) is 0 Å². The molecule has 0 saturated heterocycles. The maximum Gasteiger partial charge on any atom is 0.264 e. The quantitative estimate of drug-likeness (QED) is 0.611. The summed E-state index contributed by atoms with van der Waals surface area (Å²) in [6, 6.07) is 11.6. The first-order chi connectivity index (χ1) is 13.6. The molecule has 0 fully saturated rings. The van der Waals surface area contributed by atoms with E-state index in [0.29, 0.717) is 22.8 Å². The first-order valence-electron chi connectivity index (χ1n) is 9.38. The molecule has 0 bridgehead atoms. The van der Waals surface area contributed by atoms with E-state index in [9.17, 15) is 13.2 Å². The van der Waals surface area contributed by atoms with Crippen LogP contribution in [0, 0.1) is 13.8 Å². The number of nitrogens with one attached hydrogen (secondary N) is 1. The minimum Gasteiger partial charge on any atom is -0.354 e. The van der Waals surface area contributed by atoms with Crippen molar-refractivity contribution in [1.82, 2.24) is 10.2 Å². The van der Waals surface area contributed by atoms with Gasteiger partial charge in [-0.15, -0.1) is 0 Å². The molecule has 29 heavy (non-hydrogen) atoms. The van der Waals surface area contributed by atoms with Gasteiger partial charge < -0.3 is 10.2 Å². The van der Waals surface area contributed by atoms with Crippen LogP contribution in [0.1, 0.15) is 17.5 Å². The number of hydrogen-bond acceptors (Lipinski definition) is 4. The highest BCUT2D eigenvalue weighted by Gasteiger charge is 2.28. The number of carbonyl (C=O) groups excluding carboxylic acids is 1. The molecule has 2 aromatic rings.